The van der Waals surface area contributed by atoms with E-state index in [0.717, 1.165) is 12.3 Å². The molecule has 0 amide bonds. The second-order valence-electron chi connectivity index (χ2n) is 10.8. The zero-order valence-corrected chi connectivity index (χ0v) is 27.0. The fourth-order valence-electron chi connectivity index (χ4n) is 4.59. The maximum atomic E-state index is 11.5. The summed E-state index contributed by atoms with van der Waals surface area (Å²) in [7, 11) is 1.29. The highest BCUT2D eigenvalue weighted by molar-refractivity contribution is 6.24. The molecule has 7 heteroatoms. The Balaban J connectivity index is 0.000000364. The SMILES string of the molecule is CC(=O)c1ccc(CCC(=O)C=O)c(C(C)=O)c1.CCCCCCc1cc(C(C)C)c2ccccc2c1.COC(=O)/C=C/N. The molecule has 0 saturated carbocycles. The average molecular weight is 602 g/mol. The summed E-state index contributed by atoms with van der Waals surface area (Å²) in [6, 6.07) is 18.4. The molecular weight excluding hydrogens is 554 g/mol. The molecule has 0 saturated heterocycles. The maximum Gasteiger partial charge on any atom is 0.331 e. The predicted molar refractivity (Wildman–Crippen MR) is 177 cm³/mol. The Hall–Kier alpha value is -4.39. The summed E-state index contributed by atoms with van der Waals surface area (Å²) < 4.78 is 4.18. The van der Waals surface area contributed by atoms with E-state index in [2.05, 4.69) is 61.9 Å². The number of carbonyl (C=O) groups excluding carboxylic acids is 5. The van der Waals surface area contributed by atoms with Crippen molar-refractivity contribution in [1.82, 2.24) is 0 Å². The average Bonchev–Trinajstić information content (AvgIpc) is 3.01. The van der Waals surface area contributed by atoms with Crippen molar-refractivity contribution in [3.05, 3.63) is 94.7 Å². The van der Waals surface area contributed by atoms with Crippen molar-refractivity contribution < 1.29 is 28.7 Å². The largest absolute Gasteiger partial charge is 0.466 e. The number of aldehydes is 1. The van der Waals surface area contributed by atoms with Gasteiger partial charge in [-0.1, -0.05) is 88.6 Å². The summed E-state index contributed by atoms with van der Waals surface area (Å²) in [6.45, 7) is 9.69. The lowest BCUT2D eigenvalue weighted by Gasteiger charge is -2.13. The van der Waals surface area contributed by atoms with E-state index in [0.29, 0.717) is 29.0 Å². The van der Waals surface area contributed by atoms with Gasteiger partial charge < -0.3 is 10.5 Å². The summed E-state index contributed by atoms with van der Waals surface area (Å²) in [6.07, 6.45) is 9.53. The van der Waals surface area contributed by atoms with Crippen molar-refractivity contribution in [2.45, 2.75) is 85.5 Å². The van der Waals surface area contributed by atoms with Gasteiger partial charge in [0.2, 0.25) is 0 Å². The van der Waals surface area contributed by atoms with Gasteiger partial charge in [0.15, 0.2) is 23.6 Å². The maximum absolute atomic E-state index is 11.5. The molecule has 3 aromatic rings. The number of methoxy groups -OCH3 is 1. The zero-order valence-electron chi connectivity index (χ0n) is 27.0. The van der Waals surface area contributed by atoms with Crippen molar-refractivity contribution in [2.75, 3.05) is 7.11 Å². The quantitative estimate of drug-likeness (QED) is 0.0537. The number of hydrogen-bond acceptors (Lipinski definition) is 7. The van der Waals surface area contributed by atoms with Gasteiger partial charge in [-0.15, -0.1) is 0 Å². The lowest BCUT2D eigenvalue weighted by atomic mass is 9.92. The van der Waals surface area contributed by atoms with Crippen molar-refractivity contribution in [3.63, 3.8) is 0 Å². The zero-order chi connectivity index (χ0) is 33.1. The standard InChI is InChI=1S/C19H26.C14H14O4.C4H7NO2/c1-4-5-6-7-10-16-13-17-11-8-9-12-18(17)19(14-16)15(2)3;1-9(16)12-4-3-11(5-6-13(18)8-15)14(7-12)10(2)17;1-7-4(6)2-3-5/h8-9,11-15H,4-7,10H2,1-3H3;3-4,7-8H,5-6H2,1-2H3;2-3H,5H2,1H3/b;;3-2+. The van der Waals surface area contributed by atoms with E-state index in [4.69, 9.17) is 5.73 Å². The van der Waals surface area contributed by atoms with Crippen LogP contribution in [0.4, 0.5) is 0 Å². The summed E-state index contributed by atoms with van der Waals surface area (Å²) in [4.78, 5) is 53.9. The number of aryl methyl sites for hydroxylation is 2. The minimum atomic E-state index is -0.500. The molecule has 0 bridgehead atoms. The fourth-order valence-corrected chi connectivity index (χ4v) is 4.59. The molecule has 2 N–H and O–H groups in total. The predicted octanol–water partition coefficient (Wildman–Crippen LogP) is 7.51. The number of benzene rings is 3. The molecule has 0 fully saturated rings. The van der Waals surface area contributed by atoms with Crippen molar-refractivity contribution in [2.24, 2.45) is 5.73 Å². The second kappa shape index (κ2) is 20.5. The monoisotopic (exact) mass is 601 g/mol. The van der Waals surface area contributed by atoms with Crippen LogP contribution >= 0.6 is 0 Å². The van der Waals surface area contributed by atoms with Crippen molar-refractivity contribution >= 4 is 40.4 Å². The molecule has 0 unspecified atom stereocenters. The minimum Gasteiger partial charge on any atom is -0.466 e. The third kappa shape index (κ3) is 13.3. The van der Waals surface area contributed by atoms with Crippen LogP contribution in [0.1, 0.15) is 110 Å². The molecule has 44 heavy (non-hydrogen) atoms. The molecule has 0 aliphatic rings. The van der Waals surface area contributed by atoms with Crippen LogP contribution in [0.15, 0.2) is 66.9 Å². The number of ether oxygens (including phenoxy) is 1. The van der Waals surface area contributed by atoms with Gasteiger partial charge in [-0.05, 0) is 72.6 Å². The van der Waals surface area contributed by atoms with E-state index < -0.39 is 11.8 Å². The van der Waals surface area contributed by atoms with E-state index in [9.17, 15) is 24.0 Å². The topological polar surface area (TPSA) is 121 Å². The molecule has 0 heterocycles. The lowest BCUT2D eigenvalue weighted by molar-refractivity contribution is -0.134. The van der Waals surface area contributed by atoms with E-state index in [1.54, 1.807) is 12.1 Å². The molecule has 0 radical (unpaired) electrons. The van der Waals surface area contributed by atoms with E-state index in [1.165, 1.54) is 81.0 Å². The summed E-state index contributed by atoms with van der Waals surface area (Å²) in [5.41, 5.74) is 9.42. The van der Waals surface area contributed by atoms with Gasteiger partial charge >= 0.3 is 5.97 Å². The number of ketones is 3. The van der Waals surface area contributed by atoms with Crippen LogP contribution in [0.3, 0.4) is 0 Å². The first-order valence-electron chi connectivity index (χ1n) is 15.1. The van der Waals surface area contributed by atoms with Gasteiger partial charge in [0.1, 0.15) is 0 Å². The van der Waals surface area contributed by atoms with Crippen molar-refractivity contribution in [1.29, 1.82) is 0 Å². The number of rotatable bonds is 13. The first kappa shape index (κ1) is 37.6. The van der Waals surface area contributed by atoms with Gasteiger partial charge in [0, 0.05) is 29.8 Å². The number of unbranched alkanes of at least 4 members (excludes halogenated alkanes) is 3. The molecule has 3 rings (SSSR count). The summed E-state index contributed by atoms with van der Waals surface area (Å²) in [5.74, 6) is -0.609. The Morgan fingerprint density at radius 2 is 1.59 bits per heavy atom. The van der Waals surface area contributed by atoms with E-state index in [1.807, 2.05) is 0 Å². The number of Topliss-reactive ketones (excluding diaryl/α,β-unsaturated/α-hetero) is 3. The van der Waals surface area contributed by atoms with Gasteiger partial charge in [-0.3, -0.25) is 19.2 Å². The Morgan fingerprint density at radius 1 is 0.886 bits per heavy atom. The van der Waals surface area contributed by atoms with Crippen LogP contribution in [-0.2, 0) is 32.0 Å². The number of nitrogens with two attached hydrogens (primary N) is 1. The number of hydrogen-bond donors (Lipinski definition) is 1. The molecule has 0 atom stereocenters. The second-order valence-corrected chi connectivity index (χ2v) is 10.8. The number of esters is 1. The van der Waals surface area contributed by atoms with Gasteiger partial charge in [-0.25, -0.2) is 4.79 Å². The number of carbonyl (C=O) groups is 5. The third-order valence-electron chi connectivity index (χ3n) is 7.00. The Labute approximate surface area is 261 Å². The Bertz CT molecular complexity index is 1440. The smallest absolute Gasteiger partial charge is 0.331 e. The number of fused-ring (bicyclic) bond motifs is 1. The molecule has 0 aliphatic carbocycles. The summed E-state index contributed by atoms with van der Waals surface area (Å²) >= 11 is 0. The molecule has 0 aliphatic heterocycles. The Morgan fingerprint density at radius 3 is 2.14 bits per heavy atom. The summed E-state index contributed by atoms with van der Waals surface area (Å²) in [5, 5.41) is 2.83. The van der Waals surface area contributed by atoms with Crippen LogP contribution in [0, 0.1) is 0 Å². The van der Waals surface area contributed by atoms with Crippen molar-refractivity contribution in [3.8, 4) is 0 Å². The Kier molecular flexibility index (Phi) is 17.5. The fraction of sp³-hybridized carbons (Fsp3) is 0.378. The highest BCUT2D eigenvalue weighted by Gasteiger charge is 2.12. The van der Waals surface area contributed by atoms with Crippen LogP contribution in [0.2, 0.25) is 0 Å². The first-order chi connectivity index (χ1) is 21.0. The third-order valence-corrected chi connectivity index (χ3v) is 7.00. The van der Waals surface area contributed by atoms with Gasteiger partial charge in [0.25, 0.3) is 0 Å². The molecule has 3 aromatic carbocycles. The van der Waals surface area contributed by atoms with Crippen LogP contribution < -0.4 is 5.73 Å². The molecule has 236 valence electrons. The molecule has 0 aromatic heterocycles. The van der Waals surface area contributed by atoms with Crippen LogP contribution in [-0.4, -0.2) is 36.7 Å². The molecule has 7 nitrogen and oxygen atoms in total. The van der Waals surface area contributed by atoms with E-state index in [-0.39, 0.29) is 24.3 Å². The highest BCUT2D eigenvalue weighted by atomic mass is 16.5. The van der Waals surface area contributed by atoms with Crippen LogP contribution in [0.25, 0.3) is 10.8 Å². The van der Waals surface area contributed by atoms with Gasteiger partial charge in [-0.2, -0.15) is 0 Å². The normalized spacial score (nSPS) is 10.4. The van der Waals surface area contributed by atoms with Gasteiger partial charge in [0.05, 0.1) is 7.11 Å². The molecular formula is C37H47NO6. The van der Waals surface area contributed by atoms with E-state index >= 15 is 0 Å². The minimum absolute atomic E-state index is 0.0726. The highest BCUT2D eigenvalue weighted by Crippen LogP contribution is 2.28. The first-order valence-corrected chi connectivity index (χ1v) is 15.1. The lowest BCUT2D eigenvalue weighted by Crippen LogP contribution is -2.06. The van der Waals surface area contributed by atoms with Crippen LogP contribution in [0.5, 0.6) is 0 Å². The molecule has 0 spiro atoms.